The number of phenols is 1. The maximum atomic E-state index is 9.50. The summed E-state index contributed by atoms with van der Waals surface area (Å²) in [6.45, 7) is 0. The van der Waals surface area contributed by atoms with Crippen molar-refractivity contribution in [3.8, 4) is 5.75 Å². The van der Waals surface area contributed by atoms with Crippen molar-refractivity contribution >= 4 is 24.0 Å². The molecule has 4 nitrogen and oxygen atoms in total. The van der Waals surface area contributed by atoms with Crippen LogP contribution in [0.25, 0.3) is 0 Å². The lowest BCUT2D eigenvalue weighted by atomic mass is 10.2. The Morgan fingerprint density at radius 3 is 2.76 bits per heavy atom. The van der Waals surface area contributed by atoms with Crippen LogP contribution in [-0.4, -0.2) is 17.5 Å². The van der Waals surface area contributed by atoms with Crippen LogP contribution in [0, 0.1) is 0 Å². The maximum absolute atomic E-state index is 9.50. The fraction of sp³-hybridized carbons (Fsp3) is 0. The Hall–Kier alpha value is -2.07. The van der Waals surface area contributed by atoms with E-state index >= 15 is 0 Å². The molecule has 1 N–H and O–H groups in total. The van der Waals surface area contributed by atoms with Gasteiger partial charge in [0.2, 0.25) is 0 Å². The van der Waals surface area contributed by atoms with Gasteiger partial charge in [-0.15, -0.1) is 0 Å². The number of benzene rings is 1. The monoisotopic (exact) mass is 248 g/mol. The molecule has 1 aromatic carbocycles. The summed E-state index contributed by atoms with van der Waals surface area (Å²) in [7, 11) is 0. The van der Waals surface area contributed by atoms with E-state index in [0.29, 0.717) is 16.3 Å². The average Bonchev–Trinajstić information content (AvgIpc) is 2.82. The van der Waals surface area contributed by atoms with Crippen LogP contribution < -0.4 is 0 Å². The van der Waals surface area contributed by atoms with Crippen LogP contribution in [0.5, 0.6) is 5.75 Å². The topological polar surface area (TPSA) is 58.1 Å². The molecule has 0 saturated carbocycles. The molecule has 0 aliphatic rings. The summed E-state index contributed by atoms with van der Waals surface area (Å²) in [5.41, 5.74) is 0.508. The maximum Gasteiger partial charge on any atom is 0.146 e. The van der Waals surface area contributed by atoms with E-state index in [1.54, 1.807) is 30.5 Å². The Bertz CT molecular complexity index is 548. The summed E-state index contributed by atoms with van der Waals surface area (Å²) in [5.74, 6) is 0.712. The minimum atomic E-state index is 0.103. The van der Waals surface area contributed by atoms with E-state index in [2.05, 4.69) is 10.2 Å². The van der Waals surface area contributed by atoms with Crippen molar-refractivity contribution < 1.29 is 9.52 Å². The number of halogens is 1. The van der Waals surface area contributed by atoms with Crippen molar-refractivity contribution in [1.82, 2.24) is 0 Å². The SMILES string of the molecule is Oc1ccc(Cl)cc1C=NN=Cc1ccco1. The molecule has 1 aromatic heterocycles. The lowest BCUT2D eigenvalue weighted by Crippen LogP contribution is -1.82. The zero-order chi connectivity index (χ0) is 12.1. The lowest BCUT2D eigenvalue weighted by Gasteiger charge is -1.97. The van der Waals surface area contributed by atoms with Gasteiger partial charge in [0.05, 0.1) is 18.7 Å². The third kappa shape index (κ3) is 3.19. The molecule has 5 heteroatoms. The summed E-state index contributed by atoms with van der Waals surface area (Å²) in [6, 6.07) is 8.22. The van der Waals surface area contributed by atoms with E-state index in [1.165, 1.54) is 18.5 Å². The molecule has 0 spiro atoms. The van der Waals surface area contributed by atoms with E-state index in [1.807, 2.05) is 0 Å². The molecule has 1 heterocycles. The van der Waals surface area contributed by atoms with Crippen molar-refractivity contribution in [3.05, 3.63) is 52.9 Å². The third-order valence-electron chi connectivity index (χ3n) is 1.98. The first-order valence-electron chi connectivity index (χ1n) is 4.84. The number of furan rings is 1. The van der Waals surface area contributed by atoms with E-state index in [9.17, 15) is 5.11 Å². The van der Waals surface area contributed by atoms with Crippen molar-refractivity contribution in [2.75, 3.05) is 0 Å². The van der Waals surface area contributed by atoms with Gasteiger partial charge in [-0.1, -0.05) is 11.6 Å². The fourth-order valence-corrected chi connectivity index (χ4v) is 1.36. The molecule has 0 atom stereocenters. The highest BCUT2D eigenvalue weighted by Crippen LogP contribution is 2.19. The molecule has 0 aliphatic heterocycles. The number of phenolic OH excluding ortho intramolecular Hbond substituents is 1. The Kier molecular flexibility index (Phi) is 3.57. The summed E-state index contributed by atoms with van der Waals surface area (Å²) in [5, 5.41) is 17.6. The first-order chi connectivity index (χ1) is 8.25. The Morgan fingerprint density at radius 1 is 1.18 bits per heavy atom. The number of nitrogens with zero attached hydrogens (tertiary/aromatic N) is 2. The summed E-state index contributed by atoms with van der Waals surface area (Å²) < 4.78 is 5.03. The molecule has 86 valence electrons. The van der Waals surface area contributed by atoms with Crippen molar-refractivity contribution in [3.63, 3.8) is 0 Å². The molecule has 2 rings (SSSR count). The number of hydrogen-bond acceptors (Lipinski definition) is 4. The van der Waals surface area contributed by atoms with Crippen LogP contribution in [-0.2, 0) is 0 Å². The molecule has 0 amide bonds. The number of rotatable bonds is 3. The van der Waals surface area contributed by atoms with Crippen LogP contribution in [0.3, 0.4) is 0 Å². The summed E-state index contributed by atoms with van der Waals surface area (Å²) in [6.07, 6.45) is 4.44. The van der Waals surface area contributed by atoms with E-state index < -0.39 is 0 Å². The highest BCUT2D eigenvalue weighted by atomic mass is 35.5. The van der Waals surface area contributed by atoms with Gasteiger partial charge in [-0.2, -0.15) is 10.2 Å². The van der Waals surface area contributed by atoms with Gasteiger partial charge in [0, 0.05) is 10.6 Å². The smallest absolute Gasteiger partial charge is 0.146 e. The normalized spacial score (nSPS) is 11.6. The van der Waals surface area contributed by atoms with Gasteiger partial charge >= 0.3 is 0 Å². The first kappa shape index (κ1) is 11.4. The minimum Gasteiger partial charge on any atom is -0.507 e. The van der Waals surface area contributed by atoms with Gasteiger partial charge in [-0.05, 0) is 30.3 Å². The summed E-state index contributed by atoms with van der Waals surface area (Å²) in [4.78, 5) is 0. The lowest BCUT2D eigenvalue weighted by molar-refractivity contribution is 0.474. The van der Waals surface area contributed by atoms with Crippen LogP contribution in [0.4, 0.5) is 0 Å². The zero-order valence-electron chi connectivity index (χ0n) is 8.75. The van der Waals surface area contributed by atoms with Crippen LogP contribution in [0.1, 0.15) is 11.3 Å². The molecule has 17 heavy (non-hydrogen) atoms. The first-order valence-corrected chi connectivity index (χ1v) is 5.22. The second kappa shape index (κ2) is 5.32. The van der Waals surface area contributed by atoms with E-state index in [4.69, 9.17) is 16.0 Å². The van der Waals surface area contributed by atoms with Gasteiger partial charge < -0.3 is 9.52 Å². The standard InChI is InChI=1S/C12H9ClN2O2/c13-10-3-4-12(16)9(6-10)7-14-15-8-11-2-1-5-17-11/h1-8,16H. The largest absolute Gasteiger partial charge is 0.507 e. The molecular weight excluding hydrogens is 240 g/mol. The second-order valence-corrected chi connectivity index (χ2v) is 3.64. The van der Waals surface area contributed by atoms with Gasteiger partial charge in [-0.3, -0.25) is 0 Å². The molecule has 0 aliphatic carbocycles. The quantitative estimate of drug-likeness (QED) is 0.670. The van der Waals surface area contributed by atoms with Gasteiger partial charge in [-0.25, -0.2) is 0 Å². The number of aromatic hydroxyl groups is 1. The van der Waals surface area contributed by atoms with Crippen LogP contribution >= 0.6 is 11.6 Å². The summed E-state index contributed by atoms with van der Waals surface area (Å²) >= 11 is 5.78. The molecule has 0 bridgehead atoms. The zero-order valence-corrected chi connectivity index (χ0v) is 9.50. The molecule has 0 radical (unpaired) electrons. The van der Waals surface area contributed by atoms with E-state index in [0.717, 1.165) is 0 Å². The molecule has 0 fully saturated rings. The van der Waals surface area contributed by atoms with Crippen LogP contribution in [0.15, 0.2) is 51.2 Å². The average molecular weight is 249 g/mol. The number of hydrogen-bond donors (Lipinski definition) is 1. The fourth-order valence-electron chi connectivity index (χ4n) is 1.18. The third-order valence-corrected chi connectivity index (χ3v) is 2.22. The molecule has 2 aromatic rings. The Morgan fingerprint density at radius 2 is 2.00 bits per heavy atom. The van der Waals surface area contributed by atoms with Crippen molar-refractivity contribution in [2.24, 2.45) is 10.2 Å². The molecular formula is C12H9ClN2O2. The van der Waals surface area contributed by atoms with Crippen LogP contribution in [0.2, 0.25) is 5.02 Å². The highest BCUT2D eigenvalue weighted by molar-refractivity contribution is 6.30. The predicted octanol–water partition coefficient (Wildman–Crippen LogP) is 3.09. The highest BCUT2D eigenvalue weighted by Gasteiger charge is 1.98. The Balaban J connectivity index is 2.08. The predicted molar refractivity (Wildman–Crippen MR) is 67.0 cm³/mol. The van der Waals surface area contributed by atoms with Crippen molar-refractivity contribution in [1.29, 1.82) is 0 Å². The van der Waals surface area contributed by atoms with Crippen molar-refractivity contribution in [2.45, 2.75) is 0 Å². The molecule has 0 saturated heterocycles. The molecule has 0 unspecified atom stereocenters. The second-order valence-electron chi connectivity index (χ2n) is 3.21. The Labute approximate surface area is 103 Å². The van der Waals surface area contributed by atoms with Gasteiger partial charge in [0.25, 0.3) is 0 Å². The van der Waals surface area contributed by atoms with E-state index in [-0.39, 0.29) is 5.75 Å². The van der Waals surface area contributed by atoms with Gasteiger partial charge in [0.1, 0.15) is 11.5 Å². The van der Waals surface area contributed by atoms with Gasteiger partial charge in [0.15, 0.2) is 0 Å². The minimum absolute atomic E-state index is 0.103.